The summed E-state index contributed by atoms with van der Waals surface area (Å²) in [6.07, 6.45) is 8.05. The summed E-state index contributed by atoms with van der Waals surface area (Å²) in [4.78, 5) is 10.6. The van der Waals surface area contributed by atoms with E-state index in [2.05, 4.69) is 10.5 Å². The molecule has 2 N–H and O–H groups in total. The molecule has 1 aliphatic carbocycles. The van der Waals surface area contributed by atoms with Crippen LogP contribution < -0.4 is 5.32 Å². The molecule has 1 heterocycles. The van der Waals surface area contributed by atoms with Gasteiger partial charge in [0, 0.05) is 6.07 Å². The van der Waals surface area contributed by atoms with Crippen LogP contribution in [-0.2, 0) is 6.54 Å². The van der Waals surface area contributed by atoms with Crippen molar-refractivity contribution in [1.29, 1.82) is 0 Å². The van der Waals surface area contributed by atoms with Crippen LogP contribution in [0.2, 0.25) is 0 Å². The molecule has 1 aromatic rings. The lowest BCUT2D eigenvalue weighted by Gasteiger charge is -2.08. The standard InChI is InChI=1S/C13H20N2O3/c16-13(17)12-8-11(18-15-12)9-14-7-3-6-10-4-1-2-5-10/h8,10,14H,1-7,9H2,(H,16,17). The summed E-state index contributed by atoms with van der Waals surface area (Å²) in [5, 5.41) is 15.4. The molecule has 1 aliphatic rings. The molecule has 0 saturated heterocycles. The first kappa shape index (κ1) is 13.1. The van der Waals surface area contributed by atoms with Gasteiger partial charge in [-0.2, -0.15) is 0 Å². The van der Waals surface area contributed by atoms with E-state index in [1.807, 2.05) is 0 Å². The maximum absolute atomic E-state index is 10.6. The maximum Gasteiger partial charge on any atom is 0.358 e. The maximum atomic E-state index is 10.6. The van der Waals surface area contributed by atoms with Crippen LogP contribution in [0.25, 0.3) is 0 Å². The lowest BCUT2D eigenvalue weighted by atomic mass is 10.0. The minimum absolute atomic E-state index is 0.0299. The fraction of sp³-hybridized carbons (Fsp3) is 0.692. The molecule has 2 rings (SSSR count). The molecule has 0 atom stereocenters. The number of carboxylic acid groups (broad SMARTS) is 1. The van der Waals surface area contributed by atoms with Gasteiger partial charge in [0.15, 0.2) is 11.5 Å². The van der Waals surface area contributed by atoms with Crippen molar-refractivity contribution in [2.45, 2.75) is 45.1 Å². The molecule has 1 fully saturated rings. The van der Waals surface area contributed by atoms with E-state index >= 15 is 0 Å². The highest BCUT2D eigenvalue weighted by Gasteiger charge is 2.14. The lowest BCUT2D eigenvalue weighted by Crippen LogP contribution is -2.15. The van der Waals surface area contributed by atoms with Crippen molar-refractivity contribution in [1.82, 2.24) is 10.5 Å². The van der Waals surface area contributed by atoms with Gasteiger partial charge >= 0.3 is 5.97 Å². The van der Waals surface area contributed by atoms with Crippen molar-refractivity contribution in [3.05, 3.63) is 17.5 Å². The van der Waals surface area contributed by atoms with Gasteiger partial charge in [-0.25, -0.2) is 4.79 Å². The van der Waals surface area contributed by atoms with E-state index in [0.29, 0.717) is 12.3 Å². The molecule has 5 nitrogen and oxygen atoms in total. The molecular formula is C13H20N2O3. The number of rotatable bonds is 7. The Morgan fingerprint density at radius 3 is 2.94 bits per heavy atom. The molecule has 100 valence electrons. The Morgan fingerprint density at radius 1 is 1.50 bits per heavy atom. The van der Waals surface area contributed by atoms with Crippen LogP contribution in [0.3, 0.4) is 0 Å². The number of carbonyl (C=O) groups is 1. The fourth-order valence-electron chi connectivity index (χ4n) is 2.52. The molecule has 18 heavy (non-hydrogen) atoms. The van der Waals surface area contributed by atoms with Gasteiger partial charge in [0.1, 0.15) is 0 Å². The fourth-order valence-corrected chi connectivity index (χ4v) is 2.52. The minimum atomic E-state index is -1.05. The monoisotopic (exact) mass is 252 g/mol. The summed E-state index contributed by atoms with van der Waals surface area (Å²) in [6.45, 7) is 1.49. The van der Waals surface area contributed by atoms with Crippen LogP contribution in [0.1, 0.15) is 54.8 Å². The predicted octanol–water partition coefficient (Wildman–Crippen LogP) is 2.43. The van der Waals surface area contributed by atoms with Crippen LogP contribution in [0, 0.1) is 5.92 Å². The summed E-state index contributed by atoms with van der Waals surface area (Å²) in [6, 6.07) is 1.46. The zero-order valence-electron chi connectivity index (χ0n) is 10.5. The quantitative estimate of drug-likeness (QED) is 0.729. The van der Waals surface area contributed by atoms with Crippen LogP contribution in [0.5, 0.6) is 0 Å². The smallest absolute Gasteiger partial charge is 0.358 e. The molecule has 0 amide bonds. The zero-order chi connectivity index (χ0) is 12.8. The van der Waals surface area contributed by atoms with Gasteiger partial charge in [-0.1, -0.05) is 30.8 Å². The minimum Gasteiger partial charge on any atom is -0.476 e. The van der Waals surface area contributed by atoms with Crippen LogP contribution in [-0.4, -0.2) is 22.8 Å². The SMILES string of the molecule is O=C(O)c1cc(CNCCCC2CCCC2)on1. The number of carboxylic acids is 1. The molecule has 5 heteroatoms. The second-order valence-corrected chi connectivity index (χ2v) is 4.95. The van der Waals surface area contributed by atoms with Gasteiger partial charge in [0.25, 0.3) is 0 Å². The average molecular weight is 252 g/mol. The first-order chi connectivity index (χ1) is 8.75. The number of aromatic nitrogens is 1. The zero-order valence-corrected chi connectivity index (χ0v) is 10.5. The Bertz CT molecular complexity index is 383. The Labute approximate surface area is 107 Å². The first-order valence-corrected chi connectivity index (χ1v) is 6.65. The van der Waals surface area contributed by atoms with Crippen molar-refractivity contribution in [2.75, 3.05) is 6.54 Å². The molecule has 0 aliphatic heterocycles. The third kappa shape index (κ3) is 3.84. The third-order valence-corrected chi connectivity index (χ3v) is 3.52. The van der Waals surface area contributed by atoms with E-state index < -0.39 is 5.97 Å². The summed E-state index contributed by atoms with van der Waals surface area (Å²) in [5.41, 5.74) is -0.0299. The van der Waals surface area contributed by atoms with E-state index in [-0.39, 0.29) is 5.69 Å². The van der Waals surface area contributed by atoms with Crippen molar-refractivity contribution in [3.8, 4) is 0 Å². The summed E-state index contributed by atoms with van der Waals surface area (Å²) < 4.78 is 4.91. The molecule has 1 saturated carbocycles. The average Bonchev–Trinajstić information content (AvgIpc) is 2.98. The highest BCUT2D eigenvalue weighted by molar-refractivity contribution is 5.85. The Hall–Kier alpha value is -1.36. The Morgan fingerprint density at radius 2 is 2.28 bits per heavy atom. The van der Waals surface area contributed by atoms with Crippen LogP contribution >= 0.6 is 0 Å². The van der Waals surface area contributed by atoms with Crippen LogP contribution in [0.4, 0.5) is 0 Å². The highest BCUT2D eigenvalue weighted by atomic mass is 16.5. The molecule has 0 bridgehead atoms. The van der Waals surface area contributed by atoms with E-state index in [0.717, 1.165) is 12.5 Å². The number of hydrogen-bond acceptors (Lipinski definition) is 4. The van der Waals surface area contributed by atoms with Crippen molar-refractivity contribution >= 4 is 5.97 Å². The molecular weight excluding hydrogens is 232 g/mol. The lowest BCUT2D eigenvalue weighted by molar-refractivity contribution is 0.0685. The van der Waals surface area contributed by atoms with Crippen molar-refractivity contribution in [2.24, 2.45) is 5.92 Å². The van der Waals surface area contributed by atoms with Gasteiger partial charge in [0.05, 0.1) is 6.54 Å². The Kier molecular flexibility index (Phi) is 4.75. The van der Waals surface area contributed by atoms with E-state index in [9.17, 15) is 4.79 Å². The molecule has 0 radical (unpaired) electrons. The number of aromatic carboxylic acids is 1. The topological polar surface area (TPSA) is 75.4 Å². The molecule has 0 unspecified atom stereocenters. The summed E-state index contributed by atoms with van der Waals surface area (Å²) in [5.74, 6) is 0.454. The van der Waals surface area contributed by atoms with E-state index in [1.165, 1.54) is 44.6 Å². The van der Waals surface area contributed by atoms with Gasteiger partial charge in [-0.05, 0) is 25.3 Å². The highest BCUT2D eigenvalue weighted by Crippen LogP contribution is 2.28. The number of hydrogen-bond donors (Lipinski definition) is 2. The number of nitrogens with one attached hydrogen (secondary N) is 1. The van der Waals surface area contributed by atoms with Crippen LogP contribution in [0.15, 0.2) is 10.6 Å². The van der Waals surface area contributed by atoms with Gasteiger partial charge in [0.2, 0.25) is 0 Å². The normalized spacial score (nSPS) is 16.2. The van der Waals surface area contributed by atoms with Gasteiger partial charge < -0.3 is 14.9 Å². The van der Waals surface area contributed by atoms with Gasteiger partial charge in [-0.15, -0.1) is 0 Å². The molecule has 0 spiro atoms. The first-order valence-electron chi connectivity index (χ1n) is 6.65. The van der Waals surface area contributed by atoms with Crippen molar-refractivity contribution < 1.29 is 14.4 Å². The molecule has 1 aromatic heterocycles. The predicted molar refractivity (Wildman–Crippen MR) is 66.4 cm³/mol. The third-order valence-electron chi connectivity index (χ3n) is 3.52. The largest absolute Gasteiger partial charge is 0.476 e. The molecule has 0 aromatic carbocycles. The second kappa shape index (κ2) is 6.54. The number of nitrogens with zero attached hydrogens (tertiary/aromatic N) is 1. The second-order valence-electron chi connectivity index (χ2n) is 4.95. The van der Waals surface area contributed by atoms with E-state index in [4.69, 9.17) is 9.63 Å². The van der Waals surface area contributed by atoms with E-state index in [1.54, 1.807) is 0 Å². The Balaban J connectivity index is 1.58. The van der Waals surface area contributed by atoms with Crippen molar-refractivity contribution in [3.63, 3.8) is 0 Å². The van der Waals surface area contributed by atoms with Gasteiger partial charge in [-0.3, -0.25) is 0 Å². The summed E-state index contributed by atoms with van der Waals surface area (Å²) in [7, 11) is 0. The summed E-state index contributed by atoms with van der Waals surface area (Å²) >= 11 is 0.